The second-order valence-corrected chi connectivity index (χ2v) is 6.80. The van der Waals surface area contributed by atoms with Crippen LogP contribution in [0.2, 0.25) is 0 Å². The number of nitrogens with one attached hydrogen (secondary N) is 1. The standard InChI is InChI=1S/C11H21NO5S/c1-5-6-12-11(14)9(3)18(15,16)8(2)7-10(13)17-4/h8-9H,5-7H2,1-4H3,(H,12,14). The largest absolute Gasteiger partial charge is 0.469 e. The Hall–Kier alpha value is -1.11. The van der Waals surface area contributed by atoms with E-state index in [1.165, 1.54) is 21.0 Å². The Kier molecular flexibility index (Phi) is 6.90. The second-order valence-electron chi connectivity index (χ2n) is 4.11. The number of carbonyl (C=O) groups is 2. The number of ether oxygens (including phenoxy) is 1. The maximum Gasteiger partial charge on any atom is 0.306 e. The fourth-order valence-electron chi connectivity index (χ4n) is 1.32. The van der Waals surface area contributed by atoms with Gasteiger partial charge >= 0.3 is 5.97 Å². The summed E-state index contributed by atoms with van der Waals surface area (Å²) in [7, 11) is -2.49. The summed E-state index contributed by atoms with van der Waals surface area (Å²) in [6.07, 6.45) is 0.487. The van der Waals surface area contributed by atoms with Gasteiger partial charge in [-0.1, -0.05) is 6.92 Å². The summed E-state index contributed by atoms with van der Waals surface area (Å²) in [5.41, 5.74) is 0. The van der Waals surface area contributed by atoms with Crippen LogP contribution in [0.1, 0.15) is 33.6 Å². The summed E-state index contributed by atoms with van der Waals surface area (Å²) >= 11 is 0. The van der Waals surface area contributed by atoms with Crippen LogP contribution in [0.4, 0.5) is 0 Å². The molecule has 2 unspecified atom stereocenters. The second kappa shape index (κ2) is 7.35. The van der Waals surface area contributed by atoms with Crippen LogP contribution in [0.5, 0.6) is 0 Å². The lowest BCUT2D eigenvalue weighted by molar-refractivity contribution is -0.140. The molecule has 0 saturated carbocycles. The molecule has 0 aromatic heterocycles. The molecule has 1 N–H and O–H groups in total. The Balaban J connectivity index is 4.70. The van der Waals surface area contributed by atoms with Crippen molar-refractivity contribution in [3.63, 3.8) is 0 Å². The molecule has 0 aliphatic rings. The van der Waals surface area contributed by atoms with Gasteiger partial charge in [-0.3, -0.25) is 9.59 Å². The third-order valence-corrected chi connectivity index (χ3v) is 5.14. The van der Waals surface area contributed by atoms with Crippen molar-refractivity contribution in [3.8, 4) is 0 Å². The van der Waals surface area contributed by atoms with E-state index in [0.29, 0.717) is 6.54 Å². The zero-order valence-corrected chi connectivity index (χ0v) is 12.0. The van der Waals surface area contributed by atoms with Crippen molar-refractivity contribution in [3.05, 3.63) is 0 Å². The van der Waals surface area contributed by atoms with Crippen LogP contribution in [-0.4, -0.2) is 44.4 Å². The number of hydrogen-bond donors (Lipinski definition) is 1. The molecule has 18 heavy (non-hydrogen) atoms. The minimum Gasteiger partial charge on any atom is -0.469 e. The van der Waals surface area contributed by atoms with Gasteiger partial charge in [-0.15, -0.1) is 0 Å². The topological polar surface area (TPSA) is 89.5 Å². The Labute approximate surface area is 108 Å². The normalized spacial score (nSPS) is 14.7. The molecule has 7 heteroatoms. The molecule has 2 atom stereocenters. The molecule has 0 fully saturated rings. The average Bonchev–Trinajstić information content (AvgIpc) is 2.34. The molecule has 0 aliphatic heterocycles. The van der Waals surface area contributed by atoms with E-state index in [9.17, 15) is 18.0 Å². The maximum atomic E-state index is 12.0. The fourth-order valence-corrected chi connectivity index (χ4v) is 2.77. The molecule has 106 valence electrons. The monoisotopic (exact) mass is 279 g/mol. The molecule has 0 aromatic rings. The summed E-state index contributed by atoms with van der Waals surface area (Å²) in [6, 6.07) is 0. The maximum absolute atomic E-state index is 12.0. The Bertz CT molecular complexity index is 390. The lowest BCUT2D eigenvalue weighted by Gasteiger charge is -2.17. The zero-order chi connectivity index (χ0) is 14.3. The molecule has 0 spiro atoms. The Morgan fingerprint density at radius 2 is 1.83 bits per heavy atom. The quantitative estimate of drug-likeness (QED) is 0.675. The SMILES string of the molecule is CCCNC(=O)C(C)S(=O)(=O)C(C)CC(=O)OC. The van der Waals surface area contributed by atoms with Gasteiger partial charge in [0.2, 0.25) is 5.91 Å². The van der Waals surface area contributed by atoms with Gasteiger partial charge in [0, 0.05) is 6.54 Å². The van der Waals surface area contributed by atoms with E-state index < -0.39 is 32.2 Å². The number of esters is 1. The molecule has 0 rings (SSSR count). The summed E-state index contributed by atoms with van der Waals surface area (Å²) in [6.45, 7) is 5.04. The van der Waals surface area contributed by atoms with Crippen LogP contribution < -0.4 is 5.32 Å². The van der Waals surface area contributed by atoms with E-state index in [0.717, 1.165) is 6.42 Å². The van der Waals surface area contributed by atoms with Gasteiger partial charge in [0.05, 0.1) is 18.8 Å². The summed E-state index contributed by atoms with van der Waals surface area (Å²) in [4.78, 5) is 22.6. The van der Waals surface area contributed by atoms with Gasteiger partial charge < -0.3 is 10.1 Å². The summed E-state index contributed by atoms with van der Waals surface area (Å²) in [5.74, 6) is -1.14. The van der Waals surface area contributed by atoms with Crippen molar-refractivity contribution in [2.24, 2.45) is 0 Å². The first-order valence-electron chi connectivity index (χ1n) is 5.84. The number of hydrogen-bond acceptors (Lipinski definition) is 5. The highest BCUT2D eigenvalue weighted by Crippen LogP contribution is 2.13. The third kappa shape index (κ3) is 4.64. The number of carbonyl (C=O) groups excluding carboxylic acids is 2. The van der Waals surface area contributed by atoms with Crippen molar-refractivity contribution >= 4 is 21.7 Å². The van der Waals surface area contributed by atoms with Crippen molar-refractivity contribution in [1.29, 1.82) is 0 Å². The van der Waals surface area contributed by atoms with Crippen LogP contribution in [0.25, 0.3) is 0 Å². The van der Waals surface area contributed by atoms with Crippen molar-refractivity contribution in [2.45, 2.75) is 44.1 Å². The molecule has 0 aliphatic carbocycles. The minimum absolute atomic E-state index is 0.246. The molecule has 0 heterocycles. The predicted molar refractivity (Wildman–Crippen MR) is 67.8 cm³/mol. The number of rotatable bonds is 7. The predicted octanol–water partition coefficient (Wildman–Crippen LogP) is 0.268. The Morgan fingerprint density at radius 1 is 1.28 bits per heavy atom. The highest BCUT2D eigenvalue weighted by molar-refractivity contribution is 7.93. The molecule has 0 radical (unpaired) electrons. The highest BCUT2D eigenvalue weighted by Gasteiger charge is 2.34. The smallest absolute Gasteiger partial charge is 0.306 e. The van der Waals surface area contributed by atoms with Gasteiger partial charge in [0.15, 0.2) is 9.84 Å². The minimum atomic E-state index is -3.69. The van der Waals surface area contributed by atoms with E-state index >= 15 is 0 Å². The first-order chi connectivity index (χ1) is 8.27. The third-order valence-electron chi connectivity index (χ3n) is 2.65. The molecular weight excluding hydrogens is 258 g/mol. The lowest BCUT2D eigenvalue weighted by atomic mass is 10.3. The van der Waals surface area contributed by atoms with E-state index in [1.807, 2.05) is 6.92 Å². The molecular formula is C11H21NO5S. The van der Waals surface area contributed by atoms with Crippen LogP contribution >= 0.6 is 0 Å². The zero-order valence-electron chi connectivity index (χ0n) is 11.2. The van der Waals surface area contributed by atoms with E-state index in [1.54, 1.807) is 0 Å². The van der Waals surface area contributed by atoms with Gasteiger partial charge in [0.1, 0.15) is 5.25 Å². The van der Waals surface area contributed by atoms with Crippen molar-refractivity contribution < 1.29 is 22.7 Å². The molecule has 0 aromatic carbocycles. The van der Waals surface area contributed by atoms with Gasteiger partial charge in [-0.25, -0.2) is 8.42 Å². The molecule has 6 nitrogen and oxygen atoms in total. The first kappa shape index (κ1) is 16.9. The van der Waals surface area contributed by atoms with Crippen molar-refractivity contribution in [2.75, 3.05) is 13.7 Å². The number of sulfone groups is 1. The summed E-state index contributed by atoms with van der Waals surface area (Å²) < 4.78 is 28.5. The van der Waals surface area contributed by atoms with Crippen LogP contribution in [0.3, 0.4) is 0 Å². The molecule has 0 bridgehead atoms. The van der Waals surface area contributed by atoms with Crippen LogP contribution in [0.15, 0.2) is 0 Å². The van der Waals surface area contributed by atoms with Gasteiger partial charge in [-0.05, 0) is 20.3 Å². The average molecular weight is 279 g/mol. The Morgan fingerprint density at radius 3 is 2.28 bits per heavy atom. The van der Waals surface area contributed by atoms with E-state index in [-0.39, 0.29) is 6.42 Å². The number of methoxy groups -OCH3 is 1. The first-order valence-corrected chi connectivity index (χ1v) is 7.45. The van der Waals surface area contributed by atoms with E-state index in [4.69, 9.17) is 0 Å². The van der Waals surface area contributed by atoms with Crippen molar-refractivity contribution in [1.82, 2.24) is 5.32 Å². The summed E-state index contributed by atoms with van der Waals surface area (Å²) in [5, 5.41) is 0.425. The molecule has 1 amide bonds. The number of amides is 1. The van der Waals surface area contributed by atoms with Gasteiger partial charge in [-0.2, -0.15) is 0 Å². The lowest BCUT2D eigenvalue weighted by Crippen LogP contribution is -2.42. The molecule has 0 saturated heterocycles. The fraction of sp³-hybridized carbons (Fsp3) is 0.818. The highest BCUT2D eigenvalue weighted by atomic mass is 32.2. The van der Waals surface area contributed by atoms with Crippen LogP contribution in [-0.2, 0) is 24.2 Å². The van der Waals surface area contributed by atoms with Gasteiger partial charge in [0.25, 0.3) is 0 Å². The van der Waals surface area contributed by atoms with Crippen LogP contribution in [0, 0.1) is 0 Å². The van der Waals surface area contributed by atoms with E-state index in [2.05, 4.69) is 10.1 Å².